The Hall–Kier alpha value is -2.59. The van der Waals surface area contributed by atoms with E-state index in [1.165, 1.54) is 0 Å². The van der Waals surface area contributed by atoms with Gasteiger partial charge in [-0.1, -0.05) is 48.5 Å². The lowest BCUT2D eigenvalue weighted by Crippen LogP contribution is -2.41. The van der Waals surface area contributed by atoms with Crippen LogP contribution in [0.4, 0.5) is 0 Å². The van der Waals surface area contributed by atoms with Gasteiger partial charge in [0.15, 0.2) is 0 Å². The van der Waals surface area contributed by atoms with Crippen LogP contribution in [0.15, 0.2) is 60.7 Å². The van der Waals surface area contributed by atoms with Crippen molar-refractivity contribution in [2.45, 2.75) is 25.8 Å². The molecular formula is C21H23N2O2. The molecule has 1 heterocycles. The number of amides is 1. The minimum atomic E-state index is -0.285. The molecule has 1 radical (unpaired) electrons. The van der Waals surface area contributed by atoms with Gasteiger partial charge in [-0.3, -0.25) is 4.79 Å². The number of aliphatic hydroxyl groups is 1. The third kappa shape index (κ3) is 4.48. The smallest absolute Gasteiger partial charge is 0.227 e. The van der Waals surface area contributed by atoms with E-state index in [4.69, 9.17) is 0 Å². The van der Waals surface area contributed by atoms with Crippen LogP contribution in [0, 0.1) is 5.92 Å². The summed E-state index contributed by atoms with van der Waals surface area (Å²) in [6, 6.07) is 19.7. The second-order valence-corrected chi connectivity index (χ2v) is 6.38. The molecule has 1 amide bonds. The summed E-state index contributed by atoms with van der Waals surface area (Å²) in [7, 11) is 0. The maximum absolute atomic E-state index is 12.4. The fraction of sp³-hybridized carbons (Fsp3) is 0.238. The molecule has 0 saturated carbocycles. The van der Waals surface area contributed by atoms with Gasteiger partial charge < -0.3 is 15.4 Å². The number of carbonyl (C=O) groups excluding carboxylic acids is 1. The fourth-order valence-corrected chi connectivity index (χ4v) is 2.96. The van der Waals surface area contributed by atoms with Crippen LogP contribution in [0.25, 0.3) is 10.9 Å². The predicted octanol–water partition coefficient (Wildman–Crippen LogP) is 3.02. The average molecular weight is 335 g/mol. The van der Waals surface area contributed by atoms with Crippen LogP contribution < -0.4 is 5.32 Å². The molecule has 3 rings (SSSR count). The SMILES string of the molecule is C[C](Cc1cc2ccccc2[nH]1)C(=O)NC(CO)Cc1ccccc1. The van der Waals surface area contributed by atoms with E-state index in [0.717, 1.165) is 28.1 Å². The van der Waals surface area contributed by atoms with Crippen molar-refractivity contribution < 1.29 is 9.90 Å². The molecule has 1 aromatic heterocycles. The molecule has 0 saturated heterocycles. The van der Waals surface area contributed by atoms with Crippen LogP contribution in [0.3, 0.4) is 0 Å². The quantitative estimate of drug-likeness (QED) is 0.621. The largest absolute Gasteiger partial charge is 0.394 e. The highest BCUT2D eigenvalue weighted by molar-refractivity contribution is 5.90. The van der Waals surface area contributed by atoms with Crippen molar-refractivity contribution in [1.82, 2.24) is 10.3 Å². The van der Waals surface area contributed by atoms with E-state index < -0.39 is 0 Å². The minimum Gasteiger partial charge on any atom is -0.394 e. The lowest BCUT2D eigenvalue weighted by atomic mass is 10.0. The number of benzene rings is 2. The summed E-state index contributed by atoms with van der Waals surface area (Å²) in [5.74, 6) is 0.603. The maximum Gasteiger partial charge on any atom is 0.227 e. The summed E-state index contributed by atoms with van der Waals surface area (Å²) in [6.07, 6.45) is 1.17. The average Bonchev–Trinajstić information content (AvgIpc) is 3.04. The number of hydrogen-bond acceptors (Lipinski definition) is 2. The molecule has 1 atom stereocenters. The number of rotatable bonds is 7. The Morgan fingerprint density at radius 1 is 1.12 bits per heavy atom. The Kier molecular flexibility index (Phi) is 5.51. The zero-order chi connectivity index (χ0) is 17.6. The van der Waals surface area contributed by atoms with E-state index in [1.807, 2.05) is 61.5 Å². The third-order valence-corrected chi connectivity index (χ3v) is 4.31. The highest BCUT2D eigenvalue weighted by Gasteiger charge is 2.19. The van der Waals surface area contributed by atoms with E-state index in [9.17, 15) is 9.90 Å². The van der Waals surface area contributed by atoms with Crippen molar-refractivity contribution in [1.29, 1.82) is 0 Å². The summed E-state index contributed by atoms with van der Waals surface area (Å²) >= 11 is 0. The van der Waals surface area contributed by atoms with Gasteiger partial charge in [0.2, 0.25) is 5.91 Å². The molecule has 0 spiro atoms. The molecule has 0 bridgehead atoms. The second-order valence-electron chi connectivity index (χ2n) is 6.38. The first-order valence-corrected chi connectivity index (χ1v) is 8.50. The number of fused-ring (bicyclic) bond motifs is 1. The number of hydrogen-bond donors (Lipinski definition) is 3. The van der Waals surface area contributed by atoms with Crippen LogP contribution in [0.2, 0.25) is 0 Å². The van der Waals surface area contributed by atoms with Crippen LogP contribution in [-0.4, -0.2) is 28.6 Å². The van der Waals surface area contributed by atoms with Crippen molar-refractivity contribution in [3.63, 3.8) is 0 Å². The molecule has 2 aromatic carbocycles. The van der Waals surface area contributed by atoms with E-state index in [-0.39, 0.29) is 18.6 Å². The Balaban J connectivity index is 1.59. The molecule has 129 valence electrons. The predicted molar refractivity (Wildman–Crippen MR) is 100 cm³/mol. The number of aromatic nitrogens is 1. The van der Waals surface area contributed by atoms with Crippen LogP contribution in [0.5, 0.6) is 0 Å². The molecule has 0 fully saturated rings. The number of aromatic amines is 1. The van der Waals surface area contributed by atoms with Crippen molar-refractivity contribution >= 4 is 16.8 Å². The normalized spacial score (nSPS) is 12.4. The van der Waals surface area contributed by atoms with E-state index >= 15 is 0 Å². The molecule has 25 heavy (non-hydrogen) atoms. The Bertz CT molecular complexity index is 793. The summed E-state index contributed by atoms with van der Waals surface area (Å²) in [4.78, 5) is 15.8. The Morgan fingerprint density at radius 3 is 2.56 bits per heavy atom. The molecule has 0 aliphatic heterocycles. The molecule has 4 heteroatoms. The maximum atomic E-state index is 12.4. The molecule has 1 unspecified atom stereocenters. The van der Waals surface area contributed by atoms with Crippen molar-refractivity contribution in [3.05, 3.63) is 77.8 Å². The lowest BCUT2D eigenvalue weighted by Gasteiger charge is -2.19. The standard InChI is InChI=1S/C21H23N2O2/c1-15(11-18-13-17-9-5-6-10-20(17)22-18)21(25)23-19(14-24)12-16-7-3-2-4-8-16/h2-10,13,19,22,24H,11-12,14H2,1H3,(H,23,25). The molecule has 0 aliphatic rings. The Labute approximate surface area is 147 Å². The van der Waals surface area contributed by atoms with E-state index in [2.05, 4.69) is 16.4 Å². The van der Waals surface area contributed by atoms with Gasteiger partial charge in [0.25, 0.3) is 0 Å². The molecule has 3 aromatic rings. The molecule has 0 aliphatic carbocycles. The highest BCUT2D eigenvalue weighted by atomic mass is 16.3. The van der Waals surface area contributed by atoms with Gasteiger partial charge >= 0.3 is 0 Å². The first kappa shape index (κ1) is 17.2. The van der Waals surface area contributed by atoms with Crippen LogP contribution in [-0.2, 0) is 17.6 Å². The van der Waals surface area contributed by atoms with Gasteiger partial charge in [-0.2, -0.15) is 0 Å². The van der Waals surface area contributed by atoms with Gasteiger partial charge in [-0.05, 0) is 36.4 Å². The second kappa shape index (κ2) is 7.99. The van der Waals surface area contributed by atoms with Crippen molar-refractivity contribution in [2.24, 2.45) is 0 Å². The number of para-hydroxylation sites is 1. The van der Waals surface area contributed by atoms with E-state index in [0.29, 0.717) is 12.8 Å². The topological polar surface area (TPSA) is 65.1 Å². The van der Waals surface area contributed by atoms with Gasteiger partial charge in [0.05, 0.1) is 18.6 Å². The number of nitrogens with one attached hydrogen (secondary N) is 2. The van der Waals surface area contributed by atoms with Gasteiger partial charge in [0, 0.05) is 17.6 Å². The lowest BCUT2D eigenvalue weighted by molar-refractivity contribution is -0.120. The van der Waals surface area contributed by atoms with Crippen LogP contribution in [0.1, 0.15) is 18.2 Å². The zero-order valence-corrected chi connectivity index (χ0v) is 14.3. The molecule has 4 nitrogen and oxygen atoms in total. The highest BCUT2D eigenvalue weighted by Crippen LogP contribution is 2.18. The summed E-state index contributed by atoms with van der Waals surface area (Å²) < 4.78 is 0. The number of H-pyrrole nitrogens is 1. The Morgan fingerprint density at radius 2 is 1.84 bits per heavy atom. The van der Waals surface area contributed by atoms with Gasteiger partial charge in [-0.15, -0.1) is 0 Å². The summed E-state index contributed by atoms with van der Waals surface area (Å²) in [5.41, 5.74) is 3.18. The van der Waals surface area contributed by atoms with Crippen molar-refractivity contribution in [2.75, 3.05) is 6.61 Å². The molecule has 3 N–H and O–H groups in total. The minimum absolute atomic E-state index is 0.0830. The van der Waals surface area contributed by atoms with Crippen molar-refractivity contribution in [3.8, 4) is 0 Å². The zero-order valence-electron chi connectivity index (χ0n) is 14.3. The monoisotopic (exact) mass is 335 g/mol. The first-order chi connectivity index (χ1) is 12.2. The molecular weight excluding hydrogens is 312 g/mol. The van der Waals surface area contributed by atoms with Gasteiger partial charge in [-0.25, -0.2) is 0 Å². The summed E-state index contributed by atoms with van der Waals surface area (Å²) in [6.45, 7) is 1.75. The first-order valence-electron chi connectivity index (χ1n) is 8.50. The number of aliphatic hydroxyl groups excluding tert-OH is 1. The number of carbonyl (C=O) groups is 1. The fourth-order valence-electron chi connectivity index (χ4n) is 2.96. The summed E-state index contributed by atoms with van der Waals surface area (Å²) in [5, 5.41) is 13.6. The van der Waals surface area contributed by atoms with E-state index in [1.54, 1.807) is 0 Å². The third-order valence-electron chi connectivity index (χ3n) is 4.31. The van der Waals surface area contributed by atoms with Crippen LogP contribution >= 0.6 is 0 Å². The van der Waals surface area contributed by atoms with Gasteiger partial charge in [0.1, 0.15) is 0 Å².